The van der Waals surface area contributed by atoms with Crippen LogP contribution in [0.1, 0.15) is 17.3 Å². The summed E-state index contributed by atoms with van der Waals surface area (Å²) in [5.41, 5.74) is 1.05. The number of hydrogen-bond acceptors (Lipinski definition) is 5. The molecule has 0 bridgehead atoms. The smallest absolute Gasteiger partial charge is 0.258 e. The van der Waals surface area contributed by atoms with E-state index in [9.17, 15) is 13.2 Å². The fourth-order valence-electron chi connectivity index (χ4n) is 2.92. The maximum absolute atomic E-state index is 13.2. The van der Waals surface area contributed by atoms with Gasteiger partial charge in [0.25, 0.3) is 5.91 Å². The fourth-order valence-corrected chi connectivity index (χ4v) is 4.19. The number of hydrogen-bond donors (Lipinski definition) is 0. The lowest BCUT2D eigenvalue weighted by atomic mass is 10.1. The van der Waals surface area contributed by atoms with Gasteiger partial charge >= 0.3 is 0 Å². The molecule has 2 aromatic carbocycles. The van der Waals surface area contributed by atoms with Gasteiger partial charge in [0, 0.05) is 16.7 Å². The first-order valence-corrected chi connectivity index (χ1v) is 10.3. The third kappa shape index (κ3) is 4.31. The summed E-state index contributed by atoms with van der Waals surface area (Å²) in [6.45, 7) is 2.42. The summed E-state index contributed by atoms with van der Waals surface area (Å²) in [6, 6.07) is 13.2. The fraction of sp³-hybridized carbons (Fsp3) is 0.250. The molecule has 0 N–H and O–H groups in total. The van der Waals surface area contributed by atoms with Crippen LogP contribution in [0.15, 0.2) is 60.0 Å². The van der Waals surface area contributed by atoms with Crippen molar-refractivity contribution in [2.45, 2.75) is 13.0 Å². The summed E-state index contributed by atoms with van der Waals surface area (Å²) < 4.78 is 34.4. The molecule has 7 heteroatoms. The number of carbonyl (C=O) groups is 1. The second kappa shape index (κ2) is 7.84. The van der Waals surface area contributed by atoms with E-state index >= 15 is 0 Å². The van der Waals surface area contributed by atoms with Crippen LogP contribution >= 0.6 is 0 Å². The van der Waals surface area contributed by atoms with Crippen molar-refractivity contribution in [3.8, 4) is 11.5 Å². The lowest BCUT2D eigenvalue weighted by Gasteiger charge is -2.28. The van der Waals surface area contributed by atoms with Crippen LogP contribution in [0.3, 0.4) is 0 Å². The number of rotatable bonds is 6. The highest BCUT2D eigenvalue weighted by atomic mass is 32.2. The minimum absolute atomic E-state index is 0.137. The molecule has 142 valence electrons. The van der Waals surface area contributed by atoms with Gasteiger partial charge in [0.1, 0.15) is 11.5 Å². The van der Waals surface area contributed by atoms with Crippen LogP contribution in [0.2, 0.25) is 0 Å². The van der Waals surface area contributed by atoms with E-state index in [1.165, 1.54) is 10.3 Å². The second-order valence-corrected chi connectivity index (χ2v) is 7.99. The van der Waals surface area contributed by atoms with E-state index in [1.807, 2.05) is 6.92 Å². The molecule has 0 saturated carbocycles. The van der Waals surface area contributed by atoms with E-state index in [2.05, 4.69) is 0 Å². The van der Waals surface area contributed by atoms with Gasteiger partial charge in [-0.1, -0.05) is 0 Å². The molecule has 0 spiro atoms. The normalized spacial score (nSPS) is 17.5. The number of amides is 1. The molecule has 0 radical (unpaired) electrons. The number of carbonyl (C=O) groups excluding carboxylic acids is 1. The number of nitrogens with zero attached hydrogens (tertiary/aromatic N) is 1. The highest BCUT2D eigenvalue weighted by Crippen LogP contribution is 2.27. The standard InChI is InChI=1S/C20H21NO5S/c1-3-26-19-8-4-15(5-9-19)20(22)21(17-12-13-27(23,24)14-17)16-6-10-18(25-2)11-7-16/h4-13,17H,3,14H2,1-2H3/t17-/m1/s1. The summed E-state index contributed by atoms with van der Waals surface area (Å²) in [6.07, 6.45) is 1.55. The van der Waals surface area contributed by atoms with Crippen LogP contribution in [0.5, 0.6) is 11.5 Å². The number of methoxy groups -OCH3 is 1. The van der Waals surface area contributed by atoms with Crippen molar-refractivity contribution in [1.29, 1.82) is 0 Å². The molecule has 0 aromatic heterocycles. The van der Waals surface area contributed by atoms with E-state index < -0.39 is 15.9 Å². The van der Waals surface area contributed by atoms with Crippen LogP contribution < -0.4 is 14.4 Å². The Labute approximate surface area is 158 Å². The van der Waals surface area contributed by atoms with Gasteiger partial charge < -0.3 is 14.4 Å². The molecule has 1 amide bonds. The Morgan fingerprint density at radius 1 is 1.07 bits per heavy atom. The SMILES string of the molecule is CCOc1ccc(C(=O)N(c2ccc(OC)cc2)[C@@H]2C=CS(=O)(=O)C2)cc1. The van der Waals surface area contributed by atoms with Crippen molar-refractivity contribution >= 4 is 21.4 Å². The first-order chi connectivity index (χ1) is 12.9. The van der Waals surface area contributed by atoms with Crippen molar-refractivity contribution in [1.82, 2.24) is 0 Å². The number of benzene rings is 2. The van der Waals surface area contributed by atoms with Gasteiger partial charge in [-0.15, -0.1) is 0 Å². The van der Waals surface area contributed by atoms with Gasteiger partial charge in [0.05, 0.1) is 25.5 Å². The molecule has 1 aliphatic heterocycles. The van der Waals surface area contributed by atoms with Crippen LogP contribution in [0.25, 0.3) is 0 Å². The molecule has 1 heterocycles. The van der Waals surface area contributed by atoms with Crippen LogP contribution in [0, 0.1) is 0 Å². The zero-order valence-electron chi connectivity index (χ0n) is 15.2. The molecular weight excluding hydrogens is 366 g/mol. The quantitative estimate of drug-likeness (QED) is 0.762. The van der Waals surface area contributed by atoms with Gasteiger partial charge in [-0.05, 0) is 61.5 Å². The van der Waals surface area contributed by atoms with Gasteiger partial charge in [-0.25, -0.2) is 8.42 Å². The van der Waals surface area contributed by atoms with Gasteiger partial charge in [-0.2, -0.15) is 0 Å². The van der Waals surface area contributed by atoms with Crippen LogP contribution in [-0.2, 0) is 9.84 Å². The van der Waals surface area contributed by atoms with Crippen molar-refractivity contribution in [2.75, 3.05) is 24.4 Å². The zero-order chi connectivity index (χ0) is 19.4. The first-order valence-electron chi connectivity index (χ1n) is 8.55. The molecule has 2 aromatic rings. The second-order valence-electron chi connectivity index (χ2n) is 6.06. The highest BCUT2D eigenvalue weighted by Gasteiger charge is 2.32. The zero-order valence-corrected chi connectivity index (χ0v) is 16.0. The molecule has 0 aliphatic carbocycles. The Bertz CT molecular complexity index is 933. The molecule has 3 rings (SSSR count). The summed E-state index contributed by atoms with van der Waals surface area (Å²) in [5, 5.41) is 1.17. The van der Waals surface area contributed by atoms with Crippen molar-refractivity contribution in [3.63, 3.8) is 0 Å². The van der Waals surface area contributed by atoms with Crippen molar-refractivity contribution in [3.05, 3.63) is 65.6 Å². The van der Waals surface area contributed by atoms with Crippen molar-refractivity contribution in [2.24, 2.45) is 0 Å². The van der Waals surface area contributed by atoms with E-state index in [1.54, 1.807) is 61.7 Å². The van der Waals surface area contributed by atoms with Gasteiger partial charge in [0.15, 0.2) is 9.84 Å². The molecule has 27 heavy (non-hydrogen) atoms. The Kier molecular flexibility index (Phi) is 5.51. The number of sulfone groups is 1. The predicted molar refractivity (Wildman–Crippen MR) is 104 cm³/mol. The summed E-state index contributed by atoms with van der Waals surface area (Å²) in [4.78, 5) is 14.7. The van der Waals surface area contributed by atoms with E-state index in [0.717, 1.165) is 0 Å². The molecule has 1 aliphatic rings. The highest BCUT2D eigenvalue weighted by molar-refractivity contribution is 7.94. The third-order valence-corrected chi connectivity index (χ3v) is 5.60. The molecular formula is C20H21NO5S. The predicted octanol–water partition coefficient (Wildman–Crippen LogP) is 3.05. The minimum Gasteiger partial charge on any atom is -0.497 e. The van der Waals surface area contributed by atoms with Gasteiger partial charge in [0.2, 0.25) is 0 Å². The first kappa shape index (κ1) is 19.0. The lowest BCUT2D eigenvalue weighted by Crippen LogP contribution is -2.41. The molecule has 0 saturated heterocycles. The van der Waals surface area contributed by atoms with E-state index in [4.69, 9.17) is 9.47 Å². The Morgan fingerprint density at radius 2 is 1.70 bits per heavy atom. The topological polar surface area (TPSA) is 72.9 Å². The average molecular weight is 387 g/mol. The van der Waals surface area contributed by atoms with E-state index in [0.29, 0.717) is 29.4 Å². The van der Waals surface area contributed by atoms with Crippen LogP contribution in [0.4, 0.5) is 5.69 Å². The molecule has 1 atom stereocenters. The summed E-state index contributed by atoms with van der Waals surface area (Å²) in [7, 11) is -1.75. The Hall–Kier alpha value is -2.80. The average Bonchev–Trinajstić information content (AvgIpc) is 3.02. The lowest BCUT2D eigenvalue weighted by molar-refractivity contribution is 0.0983. The van der Waals surface area contributed by atoms with E-state index in [-0.39, 0.29) is 11.7 Å². The Morgan fingerprint density at radius 3 is 2.22 bits per heavy atom. The summed E-state index contributed by atoms with van der Waals surface area (Å²) >= 11 is 0. The molecule has 0 unspecified atom stereocenters. The van der Waals surface area contributed by atoms with Crippen LogP contribution in [-0.4, -0.2) is 39.8 Å². The number of anilines is 1. The molecule has 0 fully saturated rings. The monoisotopic (exact) mass is 387 g/mol. The maximum atomic E-state index is 13.2. The largest absolute Gasteiger partial charge is 0.497 e. The third-order valence-electron chi connectivity index (χ3n) is 4.22. The molecule has 6 nitrogen and oxygen atoms in total. The number of ether oxygens (including phenoxy) is 2. The van der Waals surface area contributed by atoms with Gasteiger partial charge in [-0.3, -0.25) is 4.79 Å². The minimum atomic E-state index is -3.31. The van der Waals surface area contributed by atoms with Crippen molar-refractivity contribution < 1.29 is 22.7 Å². The Balaban J connectivity index is 1.95. The summed E-state index contributed by atoms with van der Waals surface area (Å²) in [5.74, 6) is 0.909. The maximum Gasteiger partial charge on any atom is 0.258 e.